The Labute approximate surface area is 99.5 Å². The monoisotopic (exact) mass is 235 g/mol. The summed E-state index contributed by atoms with van der Waals surface area (Å²) in [6.07, 6.45) is 4.70. The van der Waals surface area contributed by atoms with Gasteiger partial charge in [-0.3, -0.25) is 0 Å². The largest absolute Gasteiger partial charge is 0.394 e. The van der Waals surface area contributed by atoms with Crippen molar-refractivity contribution in [3.05, 3.63) is 12.7 Å². The van der Waals surface area contributed by atoms with Crippen molar-refractivity contribution in [2.75, 3.05) is 11.9 Å². The van der Waals surface area contributed by atoms with Crippen molar-refractivity contribution >= 4 is 17.0 Å². The van der Waals surface area contributed by atoms with E-state index in [0.29, 0.717) is 11.5 Å². The fourth-order valence-corrected chi connectivity index (χ4v) is 1.80. The topological polar surface area (TPSA) is 86.7 Å². The molecule has 0 aromatic carbocycles. The van der Waals surface area contributed by atoms with Crippen molar-refractivity contribution in [1.29, 1.82) is 0 Å². The molecule has 0 unspecified atom stereocenters. The Hall–Kier alpha value is -1.69. The van der Waals surface area contributed by atoms with Crippen LogP contribution in [-0.4, -0.2) is 37.2 Å². The van der Waals surface area contributed by atoms with Crippen LogP contribution in [0.1, 0.15) is 26.7 Å². The van der Waals surface area contributed by atoms with Gasteiger partial charge in [0.25, 0.3) is 0 Å². The molecular weight excluding hydrogens is 218 g/mol. The number of nitrogens with one attached hydrogen (secondary N) is 2. The molecule has 0 saturated carbocycles. The third-order valence-electron chi connectivity index (χ3n) is 3.26. The molecule has 0 aliphatic heterocycles. The van der Waals surface area contributed by atoms with E-state index in [-0.39, 0.29) is 12.1 Å². The first-order chi connectivity index (χ1) is 8.24. The Bertz CT molecular complexity index is 483. The summed E-state index contributed by atoms with van der Waals surface area (Å²) in [6, 6.07) is 0. The Kier molecular flexibility index (Phi) is 3.23. The van der Waals surface area contributed by atoms with Gasteiger partial charge in [-0.2, -0.15) is 0 Å². The SMILES string of the molecule is CCC(CC)(CO)Nc1ncnc2nc[nH]c12. The van der Waals surface area contributed by atoms with Crippen molar-refractivity contribution < 1.29 is 5.11 Å². The number of anilines is 1. The van der Waals surface area contributed by atoms with E-state index in [1.54, 1.807) is 6.33 Å². The molecule has 17 heavy (non-hydrogen) atoms. The van der Waals surface area contributed by atoms with Crippen LogP contribution in [0, 0.1) is 0 Å². The third kappa shape index (κ3) is 2.08. The van der Waals surface area contributed by atoms with Crippen LogP contribution in [0.3, 0.4) is 0 Å². The molecule has 6 nitrogen and oxygen atoms in total. The van der Waals surface area contributed by atoms with E-state index in [2.05, 4.69) is 25.3 Å². The number of nitrogens with zero attached hydrogens (tertiary/aromatic N) is 3. The van der Waals surface area contributed by atoms with Crippen LogP contribution in [0.15, 0.2) is 12.7 Å². The van der Waals surface area contributed by atoms with E-state index in [1.807, 2.05) is 13.8 Å². The highest BCUT2D eigenvalue weighted by Gasteiger charge is 2.26. The zero-order valence-corrected chi connectivity index (χ0v) is 10.1. The smallest absolute Gasteiger partial charge is 0.182 e. The fourth-order valence-electron chi connectivity index (χ4n) is 1.80. The Morgan fingerprint density at radius 3 is 2.71 bits per heavy atom. The molecule has 0 saturated heterocycles. The molecule has 0 amide bonds. The standard InChI is InChI=1S/C11H17N5O/c1-3-11(4-2,5-17)16-10-8-9(13-6-12-8)14-7-15-10/h6-7,17H,3-5H2,1-2H3,(H2,12,13,14,15,16). The first-order valence-corrected chi connectivity index (χ1v) is 5.78. The van der Waals surface area contributed by atoms with E-state index in [9.17, 15) is 5.11 Å². The second-order valence-electron chi connectivity index (χ2n) is 4.09. The number of aliphatic hydroxyl groups excluding tert-OH is 1. The molecule has 0 bridgehead atoms. The predicted octanol–water partition coefficient (Wildman–Crippen LogP) is 1.32. The maximum atomic E-state index is 9.53. The second kappa shape index (κ2) is 4.67. The minimum absolute atomic E-state index is 0.0691. The Morgan fingerprint density at radius 1 is 1.29 bits per heavy atom. The van der Waals surface area contributed by atoms with E-state index in [1.165, 1.54) is 6.33 Å². The van der Waals surface area contributed by atoms with Crippen molar-refractivity contribution in [3.63, 3.8) is 0 Å². The number of aromatic nitrogens is 4. The lowest BCUT2D eigenvalue weighted by atomic mass is 9.94. The maximum Gasteiger partial charge on any atom is 0.182 e. The van der Waals surface area contributed by atoms with E-state index >= 15 is 0 Å². The molecule has 3 N–H and O–H groups in total. The van der Waals surface area contributed by atoms with Crippen molar-refractivity contribution in [2.45, 2.75) is 32.2 Å². The summed E-state index contributed by atoms with van der Waals surface area (Å²) in [5.74, 6) is 0.685. The summed E-state index contributed by atoms with van der Waals surface area (Å²) in [6.45, 7) is 4.15. The molecule has 0 fully saturated rings. The van der Waals surface area contributed by atoms with Gasteiger partial charge in [0, 0.05) is 0 Å². The zero-order valence-electron chi connectivity index (χ0n) is 10.1. The zero-order chi connectivity index (χ0) is 12.3. The van der Waals surface area contributed by atoms with Crippen molar-refractivity contribution in [1.82, 2.24) is 19.9 Å². The molecule has 0 radical (unpaired) electrons. The predicted molar refractivity (Wildman–Crippen MR) is 65.7 cm³/mol. The van der Waals surface area contributed by atoms with E-state index < -0.39 is 0 Å². The molecule has 0 aliphatic carbocycles. The minimum atomic E-state index is -0.341. The number of hydrogen-bond donors (Lipinski definition) is 3. The lowest BCUT2D eigenvalue weighted by molar-refractivity contribution is 0.202. The summed E-state index contributed by atoms with van der Waals surface area (Å²) >= 11 is 0. The minimum Gasteiger partial charge on any atom is -0.394 e. The molecule has 2 heterocycles. The van der Waals surface area contributed by atoms with Crippen LogP contribution in [0.2, 0.25) is 0 Å². The highest BCUT2D eigenvalue weighted by molar-refractivity contribution is 5.82. The molecule has 0 aliphatic rings. The van der Waals surface area contributed by atoms with E-state index in [0.717, 1.165) is 18.4 Å². The highest BCUT2D eigenvalue weighted by Crippen LogP contribution is 2.23. The van der Waals surface area contributed by atoms with Crippen LogP contribution < -0.4 is 5.32 Å². The Morgan fingerprint density at radius 2 is 2.06 bits per heavy atom. The lowest BCUT2D eigenvalue weighted by Gasteiger charge is -2.31. The number of imidazole rings is 1. The van der Waals surface area contributed by atoms with Crippen LogP contribution in [0.5, 0.6) is 0 Å². The average molecular weight is 235 g/mol. The van der Waals surface area contributed by atoms with Gasteiger partial charge in [0.2, 0.25) is 0 Å². The van der Waals surface area contributed by atoms with Crippen LogP contribution >= 0.6 is 0 Å². The summed E-state index contributed by atoms with van der Waals surface area (Å²) < 4.78 is 0. The maximum absolute atomic E-state index is 9.53. The van der Waals surface area contributed by atoms with Gasteiger partial charge in [-0.05, 0) is 12.8 Å². The van der Waals surface area contributed by atoms with Gasteiger partial charge in [-0.1, -0.05) is 13.8 Å². The number of aliphatic hydroxyl groups is 1. The quantitative estimate of drug-likeness (QED) is 0.727. The van der Waals surface area contributed by atoms with Gasteiger partial charge in [-0.25, -0.2) is 15.0 Å². The van der Waals surface area contributed by atoms with E-state index in [4.69, 9.17) is 0 Å². The van der Waals surface area contributed by atoms with Gasteiger partial charge in [0.1, 0.15) is 11.8 Å². The number of fused-ring (bicyclic) bond motifs is 1. The van der Waals surface area contributed by atoms with Crippen LogP contribution in [-0.2, 0) is 0 Å². The third-order valence-corrected chi connectivity index (χ3v) is 3.26. The lowest BCUT2D eigenvalue weighted by Crippen LogP contribution is -2.41. The molecule has 92 valence electrons. The van der Waals surface area contributed by atoms with Crippen molar-refractivity contribution in [2.24, 2.45) is 0 Å². The number of rotatable bonds is 5. The normalized spacial score (nSPS) is 11.9. The van der Waals surface area contributed by atoms with Gasteiger partial charge in [0.05, 0.1) is 18.5 Å². The second-order valence-corrected chi connectivity index (χ2v) is 4.09. The van der Waals surface area contributed by atoms with Gasteiger partial charge in [-0.15, -0.1) is 0 Å². The van der Waals surface area contributed by atoms with Gasteiger partial charge >= 0.3 is 0 Å². The fraction of sp³-hybridized carbons (Fsp3) is 0.545. The van der Waals surface area contributed by atoms with Crippen LogP contribution in [0.25, 0.3) is 11.2 Å². The summed E-state index contributed by atoms with van der Waals surface area (Å²) in [7, 11) is 0. The van der Waals surface area contributed by atoms with Gasteiger partial charge in [0.15, 0.2) is 11.5 Å². The molecular formula is C11H17N5O. The Balaban J connectivity index is 2.37. The number of hydrogen-bond acceptors (Lipinski definition) is 5. The average Bonchev–Trinajstić information content (AvgIpc) is 2.85. The van der Waals surface area contributed by atoms with Crippen molar-refractivity contribution in [3.8, 4) is 0 Å². The molecule has 0 spiro atoms. The highest BCUT2D eigenvalue weighted by atomic mass is 16.3. The number of aromatic amines is 1. The molecule has 2 aromatic heterocycles. The summed E-state index contributed by atoms with van der Waals surface area (Å²) in [5.41, 5.74) is 1.06. The first-order valence-electron chi connectivity index (χ1n) is 5.78. The molecule has 0 atom stereocenters. The van der Waals surface area contributed by atoms with Gasteiger partial charge < -0.3 is 15.4 Å². The summed E-state index contributed by atoms with van der Waals surface area (Å²) in [5, 5.41) is 12.8. The molecule has 6 heteroatoms. The molecule has 2 aromatic rings. The van der Waals surface area contributed by atoms with Crippen LogP contribution in [0.4, 0.5) is 5.82 Å². The first kappa shape index (κ1) is 11.8. The molecule has 2 rings (SSSR count). The number of H-pyrrole nitrogens is 1. The summed E-state index contributed by atoms with van der Waals surface area (Å²) in [4.78, 5) is 15.3.